The molecule has 0 heterocycles. The number of aliphatic hydroxyl groups excluding tert-OH is 1. The van der Waals surface area contributed by atoms with Gasteiger partial charge in [-0.05, 0) is 81.2 Å². The van der Waals surface area contributed by atoms with Crippen LogP contribution in [0, 0.1) is 32.6 Å². The van der Waals surface area contributed by atoms with Gasteiger partial charge in [0.25, 0.3) is 0 Å². The molecule has 2 aliphatic carbocycles. The lowest BCUT2D eigenvalue weighted by Gasteiger charge is -2.51. The summed E-state index contributed by atoms with van der Waals surface area (Å²) in [6.07, 6.45) is 5.62. The molecule has 2 aliphatic rings. The third-order valence-corrected chi connectivity index (χ3v) is 7.19. The number of fused-ring (bicyclic) bond motifs is 1. The molecule has 3 heteroatoms. The first-order chi connectivity index (χ1) is 13.1. The molecule has 3 nitrogen and oxygen atoms in total. The van der Waals surface area contributed by atoms with E-state index in [1.54, 1.807) is 0 Å². The van der Waals surface area contributed by atoms with Crippen LogP contribution in [0.15, 0.2) is 41.2 Å². The molecule has 0 saturated heterocycles. The van der Waals surface area contributed by atoms with Gasteiger partial charge in [-0.15, -0.1) is 0 Å². The Hall–Kier alpha value is -1.84. The van der Waals surface area contributed by atoms with Crippen LogP contribution < -0.4 is 5.73 Å². The van der Waals surface area contributed by atoms with E-state index >= 15 is 0 Å². The third kappa shape index (κ3) is 2.49. The first kappa shape index (κ1) is 20.9. The van der Waals surface area contributed by atoms with Gasteiger partial charge in [-0.1, -0.05) is 43.7 Å². The van der Waals surface area contributed by atoms with E-state index < -0.39 is 11.1 Å². The van der Waals surface area contributed by atoms with Gasteiger partial charge in [0.2, 0.25) is 0 Å². The summed E-state index contributed by atoms with van der Waals surface area (Å²) in [5.41, 5.74) is 11.8. The van der Waals surface area contributed by atoms with Crippen LogP contribution in [0.2, 0.25) is 0 Å². The van der Waals surface area contributed by atoms with Crippen LogP contribution in [0.4, 0.5) is 0 Å². The number of hydrogen-bond donors (Lipinski definition) is 3. The van der Waals surface area contributed by atoms with Crippen LogP contribution in [0.25, 0.3) is 5.57 Å². The fourth-order valence-electron chi connectivity index (χ4n) is 5.88. The Morgan fingerprint density at radius 3 is 2.14 bits per heavy atom. The minimum Gasteiger partial charge on any atom is -0.510 e. The molecule has 1 aromatic carbocycles. The zero-order valence-electron chi connectivity index (χ0n) is 18.4. The molecule has 3 rings (SSSR count). The summed E-state index contributed by atoms with van der Waals surface area (Å²) in [4.78, 5) is 0. The van der Waals surface area contributed by atoms with Crippen molar-refractivity contribution < 1.29 is 10.2 Å². The Balaban J connectivity index is 2.39. The SMILES string of the molecule is C/C=C1\C(c2c(C)cc(C)cc2C)=C(O)[C@@]2(N)[C@@H]1C(CC)C=C(C)C2(O)CC. The van der Waals surface area contributed by atoms with Crippen LogP contribution in [0.1, 0.15) is 62.8 Å². The fourth-order valence-corrected chi connectivity index (χ4v) is 5.88. The lowest BCUT2D eigenvalue weighted by atomic mass is 9.58. The van der Waals surface area contributed by atoms with Crippen LogP contribution in [-0.2, 0) is 0 Å². The van der Waals surface area contributed by atoms with E-state index in [1.807, 2.05) is 20.8 Å². The Morgan fingerprint density at radius 1 is 1.11 bits per heavy atom. The number of hydrogen-bond acceptors (Lipinski definition) is 3. The van der Waals surface area contributed by atoms with Gasteiger partial charge in [-0.3, -0.25) is 0 Å². The highest BCUT2D eigenvalue weighted by molar-refractivity contribution is 5.89. The van der Waals surface area contributed by atoms with Crippen molar-refractivity contribution in [2.75, 3.05) is 0 Å². The molecule has 1 aromatic rings. The van der Waals surface area contributed by atoms with Crippen molar-refractivity contribution in [1.29, 1.82) is 0 Å². The van der Waals surface area contributed by atoms with Gasteiger partial charge >= 0.3 is 0 Å². The van der Waals surface area contributed by atoms with Gasteiger partial charge < -0.3 is 15.9 Å². The monoisotopic (exact) mass is 381 g/mol. The lowest BCUT2D eigenvalue weighted by Crippen LogP contribution is -2.67. The van der Waals surface area contributed by atoms with E-state index in [0.29, 0.717) is 6.42 Å². The zero-order valence-corrected chi connectivity index (χ0v) is 18.4. The minimum atomic E-state index is -1.27. The number of benzene rings is 1. The van der Waals surface area contributed by atoms with E-state index in [1.165, 1.54) is 5.56 Å². The largest absolute Gasteiger partial charge is 0.510 e. The highest BCUT2D eigenvalue weighted by Crippen LogP contribution is 2.59. The van der Waals surface area contributed by atoms with Crippen molar-refractivity contribution in [3.63, 3.8) is 0 Å². The molecular weight excluding hydrogens is 346 g/mol. The molecule has 0 radical (unpaired) electrons. The Labute approximate surface area is 169 Å². The molecule has 2 unspecified atom stereocenters. The molecule has 0 aliphatic heterocycles. The Morgan fingerprint density at radius 2 is 1.68 bits per heavy atom. The van der Waals surface area contributed by atoms with Gasteiger partial charge in [-0.25, -0.2) is 0 Å². The maximum absolute atomic E-state index is 11.7. The normalized spacial score (nSPS) is 34.0. The van der Waals surface area contributed by atoms with E-state index in [2.05, 4.69) is 52.0 Å². The minimum absolute atomic E-state index is 0.135. The highest BCUT2D eigenvalue weighted by atomic mass is 16.3. The van der Waals surface area contributed by atoms with Crippen molar-refractivity contribution in [2.45, 2.75) is 72.4 Å². The van der Waals surface area contributed by atoms with Gasteiger partial charge in [-0.2, -0.15) is 0 Å². The quantitative estimate of drug-likeness (QED) is 0.624. The van der Waals surface area contributed by atoms with Crippen molar-refractivity contribution in [3.8, 4) is 0 Å². The maximum Gasteiger partial charge on any atom is 0.124 e. The van der Waals surface area contributed by atoms with E-state index in [4.69, 9.17) is 5.73 Å². The molecule has 4 atom stereocenters. The maximum atomic E-state index is 11.7. The van der Waals surface area contributed by atoms with Gasteiger partial charge in [0.1, 0.15) is 16.9 Å². The van der Waals surface area contributed by atoms with E-state index in [0.717, 1.165) is 39.8 Å². The molecule has 0 amide bonds. The topological polar surface area (TPSA) is 66.5 Å². The summed E-state index contributed by atoms with van der Waals surface area (Å²) in [5, 5.41) is 23.3. The number of aryl methyl sites for hydroxylation is 3. The number of aliphatic hydroxyl groups is 2. The molecule has 0 fully saturated rings. The second kappa shape index (κ2) is 6.89. The lowest BCUT2D eigenvalue weighted by molar-refractivity contribution is -0.0388. The second-order valence-corrected chi connectivity index (χ2v) is 8.72. The van der Waals surface area contributed by atoms with E-state index in [9.17, 15) is 10.2 Å². The average molecular weight is 382 g/mol. The third-order valence-electron chi connectivity index (χ3n) is 7.19. The van der Waals surface area contributed by atoms with Crippen LogP contribution in [0.3, 0.4) is 0 Å². The van der Waals surface area contributed by atoms with Crippen molar-refractivity contribution in [3.05, 3.63) is 63.4 Å². The molecule has 0 spiro atoms. The summed E-state index contributed by atoms with van der Waals surface area (Å²) >= 11 is 0. The molecule has 152 valence electrons. The fraction of sp³-hybridized carbons (Fsp3) is 0.520. The molecule has 0 aromatic heterocycles. The second-order valence-electron chi connectivity index (χ2n) is 8.72. The first-order valence-electron chi connectivity index (χ1n) is 10.5. The summed E-state index contributed by atoms with van der Waals surface area (Å²) in [5.74, 6) is 0.163. The molecule has 4 N–H and O–H groups in total. The predicted octanol–water partition coefficient (Wildman–Crippen LogP) is 5.28. The molecule has 0 bridgehead atoms. The van der Waals surface area contributed by atoms with Gasteiger partial charge in [0, 0.05) is 11.5 Å². The van der Waals surface area contributed by atoms with Crippen LogP contribution in [-0.4, -0.2) is 21.4 Å². The number of allylic oxidation sites excluding steroid dienone is 3. The summed E-state index contributed by atoms with van der Waals surface area (Å²) in [6, 6.07) is 4.29. The number of nitrogens with two attached hydrogens (primary N) is 1. The summed E-state index contributed by atoms with van der Waals surface area (Å²) < 4.78 is 0. The summed E-state index contributed by atoms with van der Waals surface area (Å²) in [7, 11) is 0. The van der Waals surface area contributed by atoms with Crippen LogP contribution in [0.5, 0.6) is 0 Å². The molecule has 0 saturated carbocycles. The highest BCUT2D eigenvalue weighted by Gasteiger charge is 2.64. The van der Waals surface area contributed by atoms with Gasteiger partial charge in [0.15, 0.2) is 0 Å². The van der Waals surface area contributed by atoms with Crippen LogP contribution >= 0.6 is 0 Å². The molecule has 28 heavy (non-hydrogen) atoms. The van der Waals surface area contributed by atoms with Crippen molar-refractivity contribution in [1.82, 2.24) is 0 Å². The van der Waals surface area contributed by atoms with E-state index in [-0.39, 0.29) is 17.6 Å². The first-order valence-corrected chi connectivity index (χ1v) is 10.5. The molecular formula is C25H35NO2. The zero-order chi connectivity index (χ0) is 21.0. The number of rotatable bonds is 3. The predicted molar refractivity (Wildman–Crippen MR) is 117 cm³/mol. The standard InChI is InChI=1S/C25H35NO2/c1-8-18-13-17(7)24(28,10-3)25(26)22(18)19(9-2)21(23(25)27)20-15(5)11-14(4)12-16(20)6/h9,11-13,18,22,27-28H,8,10,26H2,1-7H3/b19-9+/t18?,22-,24?,25+/m1/s1. The average Bonchev–Trinajstić information content (AvgIpc) is 2.86. The van der Waals surface area contributed by atoms with Crippen molar-refractivity contribution in [2.24, 2.45) is 17.6 Å². The Kier molecular flexibility index (Phi) is 5.14. The summed E-state index contributed by atoms with van der Waals surface area (Å²) in [6.45, 7) is 14.3. The Bertz CT molecular complexity index is 884. The smallest absolute Gasteiger partial charge is 0.124 e. The van der Waals surface area contributed by atoms with Crippen molar-refractivity contribution >= 4 is 5.57 Å². The van der Waals surface area contributed by atoms with Gasteiger partial charge in [0.05, 0.1) is 0 Å².